The highest BCUT2D eigenvalue weighted by Crippen LogP contribution is 2.29. The highest BCUT2D eigenvalue weighted by molar-refractivity contribution is 6.03. The molecule has 0 radical (unpaired) electrons. The summed E-state index contributed by atoms with van der Waals surface area (Å²) in [5.41, 5.74) is 1.88. The lowest BCUT2D eigenvalue weighted by Gasteiger charge is -2.10. The van der Waals surface area contributed by atoms with Crippen molar-refractivity contribution in [3.63, 3.8) is 0 Å². The zero-order valence-corrected chi connectivity index (χ0v) is 14.3. The van der Waals surface area contributed by atoms with Crippen LogP contribution in [-0.2, 0) is 0 Å². The number of hydrogen-bond acceptors (Lipinski definition) is 5. The minimum absolute atomic E-state index is 0.276. The summed E-state index contributed by atoms with van der Waals surface area (Å²) < 4.78 is 10.4. The average molecular weight is 329 g/mol. The van der Waals surface area contributed by atoms with E-state index in [0.29, 0.717) is 22.9 Å². The topological polar surface area (TPSA) is 72.5 Å². The van der Waals surface area contributed by atoms with E-state index < -0.39 is 0 Å². The van der Waals surface area contributed by atoms with Gasteiger partial charge in [-0.1, -0.05) is 13.3 Å². The molecule has 6 nitrogen and oxygen atoms in total. The molecular weight excluding hydrogens is 306 g/mol. The molecular formula is C18H23N3O3. The van der Waals surface area contributed by atoms with Gasteiger partial charge in [0.1, 0.15) is 5.69 Å². The summed E-state index contributed by atoms with van der Waals surface area (Å²) in [6, 6.07) is 8.75. The van der Waals surface area contributed by atoms with Crippen LogP contribution < -0.4 is 20.1 Å². The summed E-state index contributed by atoms with van der Waals surface area (Å²) in [5, 5.41) is 6.06. The Morgan fingerprint density at radius 3 is 2.46 bits per heavy atom. The SMILES string of the molecule is CCCCNc1ccc(C(=O)Nc2ccc(OC)c(OC)c2)nc1. The van der Waals surface area contributed by atoms with Gasteiger partial charge >= 0.3 is 0 Å². The van der Waals surface area contributed by atoms with E-state index in [2.05, 4.69) is 22.5 Å². The number of hydrogen-bond donors (Lipinski definition) is 2. The Labute approximate surface area is 142 Å². The Bertz CT molecular complexity index is 672. The second-order valence-electron chi connectivity index (χ2n) is 5.24. The van der Waals surface area contributed by atoms with Gasteiger partial charge in [0.15, 0.2) is 11.5 Å². The van der Waals surface area contributed by atoms with Crippen LogP contribution in [0, 0.1) is 0 Å². The number of rotatable bonds is 8. The molecule has 0 fully saturated rings. The molecule has 2 N–H and O–H groups in total. The van der Waals surface area contributed by atoms with Crippen LogP contribution in [0.5, 0.6) is 11.5 Å². The maximum Gasteiger partial charge on any atom is 0.274 e. The molecule has 0 aliphatic carbocycles. The predicted molar refractivity (Wildman–Crippen MR) is 95.1 cm³/mol. The molecule has 0 bridgehead atoms. The summed E-state index contributed by atoms with van der Waals surface area (Å²) in [7, 11) is 3.12. The minimum Gasteiger partial charge on any atom is -0.493 e. The molecule has 0 spiro atoms. The Morgan fingerprint density at radius 1 is 1.08 bits per heavy atom. The van der Waals surface area contributed by atoms with Gasteiger partial charge in [-0.2, -0.15) is 0 Å². The molecule has 1 aromatic carbocycles. The Morgan fingerprint density at radius 2 is 1.83 bits per heavy atom. The van der Waals surface area contributed by atoms with E-state index in [1.807, 2.05) is 6.07 Å². The number of unbranched alkanes of at least 4 members (excludes halogenated alkanes) is 1. The maximum absolute atomic E-state index is 12.3. The standard InChI is InChI=1S/C18H23N3O3/c1-4-5-10-19-14-6-8-15(20-12-14)18(22)21-13-7-9-16(23-2)17(11-13)24-3/h6-9,11-12,19H,4-5,10H2,1-3H3,(H,21,22). The predicted octanol–water partition coefficient (Wildman–Crippen LogP) is 3.56. The Kier molecular flexibility index (Phi) is 6.42. The molecule has 2 aromatic rings. The number of carbonyl (C=O) groups is 1. The fourth-order valence-electron chi connectivity index (χ4n) is 2.15. The molecule has 0 aliphatic rings. The van der Waals surface area contributed by atoms with Crippen LogP contribution in [0.25, 0.3) is 0 Å². The first-order chi connectivity index (χ1) is 11.7. The molecule has 24 heavy (non-hydrogen) atoms. The average Bonchev–Trinajstić information content (AvgIpc) is 2.62. The van der Waals surface area contributed by atoms with Gasteiger partial charge in [-0.15, -0.1) is 0 Å². The molecule has 128 valence electrons. The zero-order valence-electron chi connectivity index (χ0n) is 14.3. The number of aromatic nitrogens is 1. The van der Waals surface area contributed by atoms with Gasteiger partial charge in [-0.3, -0.25) is 4.79 Å². The first kappa shape index (κ1) is 17.6. The summed E-state index contributed by atoms with van der Waals surface area (Å²) in [5.74, 6) is 0.886. The van der Waals surface area contributed by atoms with Crippen LogP contribution >= 0.6 is 0 Å². The number of methoxy groups -OCH3 is 2. The third-order valence-corrected chi connectivity index (χ3v) is 3.50. The molecule has 0 saturated carbocycles. The number of anilines is 2. The molecule has 6 heteroatoms. The van der Waals surface area contributed by atoms with Crippen LogP contribution in [-0.4, -0.2) is 31.7 Å². The van der Waals surface area contributed by atoms with Crippen molar-refractivity contribution >= 4 is 17.3 Å². The van der Waals surface area contributed by atoms with Crippen molar-refractivity contribution in [1.82, 2.24) is 4.98 Å². The first-order valence-electron chi connectivity index (χ1n) is 7.91. The van der Waals surface area contributed by atoms with Crippen LogP contribution in [0.15, 0.2) is 36.5 Å². The zero-order chi connectivity index (χ0) is 17.4. The highest BCUT2D eigenvalue weighted by atomic mass is 16.5. The second kappa shape index (κ2) is 8.76. The smallest absolute Gasteiger partial charge is 0.274 e. The van der Waals surface area contributed by atoms with E-state index >= 15 is 0 Å². The van der Waals surface area contributed by atoms with Crippen LogP contribution in [0.2, 0.25) is 0 Å². The van der Waals surface area contributed by atoms with Gasteiger partial charge < -0.3 is 20.1 Å². The molecule has 0 aliphatic heterocycles. The van der Waals surface area contributed by atoms with Crippen molar-refractivity contribution in [2.24, 2.45) is 0 Å². The summed E-state index contributed by atoms with van der Waals surface area (Å²) in [4.78, 5) is 16.5. The van der Waals surface area contributed by atoms with Gasteiger partial charge in [-0.05, 0) is 30.7 Å². The van der Waals surface area contributed by atoms with E-state index in [-0.39, 0.29) is 5.91 Å². The summed E-state index contributed by atoms with van der Waals surface area (Å²) in [6.45, 7) is 3.04. The van der Waals surface area contributed by atoms with E-state index in [4.69, 9.17) is 9.47 Å². The van der Waals surface area contributed by atoms with Crippen LogP contribution in [0.3, 0.4) is 0 Å². The third-order valence-electron chi connectivity index (χ3n) is 3.50. The number of pyridine rings is 1. The fourth-order valence-corrected chi connectivity index (χ4v) is 2.15. The van der Waals surface area contributed by atoms with Crippen molar-refractivity contribution in [3.05, 3.63) is 42.2 Å². The molecule has 0 saturated heterocycles. The normalized spacial score (nSPS) is 10.1. The lowest BCUT2D eigenvalue weighted by Crippen LogP contribution is -2.14. The van der Waals surface area contributed by atoms with Crippen molar-refractivity contribution < 1.29 is 14.3 Å². The largest absolute Gasteiger partial charge is 0.493 e. The van der Waals surface area contributed by atoms with Crippen molar-refractivity contribution in [2.45, 2.75) is 19.8 Å². The molecule has 1 heterocycles. The van der Waals surface area contributed by atoms with Crippen LogP contribution in [0.4, 0.5) is 11.4 Å². The Balaban J connectivity index is 2.01. The number of ether oxygens (including phenoxy) is 2. The van der Waals surface area contributed by atoms with Gasteiger partial charge in [0.2, 0.25) is 0 Å². The van der Waals surface area contributed by atoms with E-state index in [0.717, 1.165) is 25.1 Å². The number of benzene rings is 1. The van der Waals surface area contributed by atoms with Crippen molar-refractivity contribution in [1.29, 1.82) is 0 Å². The van der Waals surface area contributed by atoms with E-state index in [1.165, 1.54) is 0 Å². The summed E-state index contributed by atoms with van der Waals surface area (Å²) >= 11 is 0. The van der Waals surface area contributed by atoms with E-state index in [1.54, 1.807) is 44.7 Å². The van der Waals surface area contributed by atoms with Crippen molar-refractivity contribution in [3.8, 4) is 11.5 Å². The molecule has 1 amide bonds. The lowest BCUT2D eigenvalue weighted by molar-refractivity contribution is 0.102. The molecule has 1 aromatic heterocycles. The minimum atomic E-state index is -0.276. The summed E-state index contributed by atoms with van der Waals surface area (Å²) in [6.07, 6.45) is 3.90. The third kappa shape index (κ3) is 4.62. The number of carbonyl (C=O) groups excluding carboxylic acids is 1. The second-order valence-corrected chi connectivity index (χ2v) is 5.24. The van der Waals surface area contributed by atoms with E-state index in [9.17, 15) is 4.79 Å². The van der Waals surface area contributed by atoms with Gasteiger partial charge in [-0.25, -0.2) is 4.98 Å². The quantitative estimate of drug-likeness (QED) is 0.725. The molecule has 0 atom stereocenters. The first-order valence-corrected chi connectivity index (χ1v) is 7.91. The lowest BCUT2D eigenvalue weighted by atomic mass is 10.2. The molecule has 2 rings (SSSR count). The highest BCUT2D eigenvalue weighted by Gasteiger charge is 2.10. The van der Waals surface area contributed by atoms with Crippen LogP contribution in [0.1, 0.15) is 30.3 Å². The van der Waals surface area contributed by atoms with Crippen molar-refractivity contribution in [2.75, 3.05) is 31.4 Å². The van der Waals surface area contributed by atoms with Gasteiger partial charge in [0.25, 0.3) is 5.91 Å². The monoisotopic (exact) mass is 329 g/mol. The fraction of sp³-hybridized carbons (Fsp3) is 0.333. The van der Waals surface area contributed by atoms with Gasteiger partial charge in [0, 0.05) is 18.3 Å². The number of nitrogens with zero attached hydrogens (tertiary/aromatic N) is 1. The number of nitrogens with one attached hydrogen (secondary N) is 2. The Hall–Kier alpha value is -2.76. The number of amides is 1. The molecule has 0 unspecified atom stereocenters. The maximum atomic E-state index is 12.3. The van der Waals surface area contributed by atoms with Gasteiger partial charge in [0.05, 0.1) is 26.1 Å².